The number of aromatic nitrogens is 3. The third kappa shape index (κ3) is 4.96. The van der Waals surface area contributed by atoms with E-state index in [2.05, 4.69) is 33.2 Å². The second-order valence-electron chi connectivity index (χ2n) is 7.19. The van der Waals surface area contributed by atoms with Crippen molar-refractivity contribution in [3.05, 3.63) is 115 Å². The number of pyridine rings is 3. The standard InChI is InChI=1S/C17H11N2O.C12H10N.Ir/c1-11-8-9-13-12-5-4-6-14(15-7-2-3-10-18-15)16(12)20-17(13)19-11;1-10-7-8-12(13-9-10)11-5-3-2-4-6-11;/h2-5,7-10H,1H3;2-5,7-9H,1H3;/q2*-1;/i1D3,2D,3D,7D,10D;;. The van der Waals surface area contributed by atoms with Crippen LogP contribution < -0.4 is 0 Å². The van der Waals surface area contributed by atoms with Crippen molar-refractivity contribution in [2.24, 2.45) is 0 Å². The zero-order chi connectivity index (χ0) is 28.6. The van der Waals surface area contributed by atoms with Crippen LogP contribution in [0.1, 0.15) is 20.9 Å². The molecule has 0 saturated heterocycles. The van der Waals surface area contributed by atoms with Gasteiger partial charge in [0.1, 0.15) is 0 Å². The van der Waals surface area contributed by atoms with Gasteiger partial charge >= 0.3 is 0 Å². The fourth-order valence-electron chi connectivity index (χ4n) is 3.33. The van der Waals surface area contributed by atoms with Gasteiger partial charge in [-0.25, -0.2) is 4.98 Å². The van der Waals surface area contributed by atoms with E-state index >= 15 is 0 Å². The van der Waals surface area contributed by atoms with Crippen molar-refractivity contribution in [3.8, 4) is 22.5 Å². The summed E-state index contributed by atoms with van der Waals surface area (Å²) in [5.74, 6) is 0. The first-order valence-corrected chi connectivity index (χ1v) is 10.1. The number of nitrogens with zero attached hydrogens (tertiary/aromatic N) is 3. The van der Waals surface area contributed by atoms with Crippen LogP contribution in [-0.2, 0) is 20.1 Å². The Morgan fingerprint density at radius 1 is 0.912 bits per heavy atom. The molecule has 4 nitrogen and oxygen atoms in total. The average molecular weight is 627 g/mol. The maximum Gasteiger partial charge on any atom is 0.216 e. The summed E-state index contributed by atoms with van der Waals surface area (Å²) in [6, 6.07) is 23.2. The van der Waals surface area contributed by atoms with Crippen LogP contribution in [0.2, 0.25) is 0 Å². The van der Waals surface area contributed by atoms with E-state index in [-0.39, 0.29) is 54.4 Å². The molecule has 0 aliphatic rings. The Balaban J connectivity index is 0.000000233. The summed E-state index contributed by atoms with van der Waals surface area (Å²) < 4.78 is 59.5. The number of fused-ring (bicyclic) bond motifs is 3. The van der Waals surface area contributed by atoms with Gasteiger partial charge in [-0.1, -0.05) is 35.2 Å². The third-order valence-corrected chi connectivity index (χ3v) is 4.90. The van der Waals surface area contributed by atoms with Crippen LogP contribution in [0, 0.1) is 25.9 Å². The van der Waals surface area contributed by atoms with Gasteiger partial charge < -0.3 is 14.4 Å². The minimum absolute atomic E-state index is 0. The first-order valence-electron chi connectivity index (χ1n) is 13.6. The molecule has 6 rings (SSSR count). The van der Waals surface area contributed by atoms with Crippen molar-refractivity contribution in [2.45, 2.75) is 13.8 Å². The third-order valence-electron chi connectivity index (χ3n) is 4.90. The minimum Gasteiger partial charge on any atom is -0.486 e. The number of rotatable bonds is 2. The Kier molecular flexibility index (Phi) is 4.96. The van der Waals surface area contributed by atoms with Gasteiger partial charge in [-0.05, 0) is 48.9 Å². The molecule has 0 N–H and O–H groups in total. The molecule has 34 heavy (non-hydrogen) atoms. The number of hydrogen-bond donors (Lipinski definition) is 0. The molecule has 0 bridgehead atoms. The Bertz CT molecular complexity index is 1840. The normalized spacial score (nSPS) is 13.7. The maximum absolute atomic E-state index is 8.09. The van der Waals surface area contributed by atoms with Crippen LogP contribution in [-0.4, -0.2) is 15.0 Å². The molecular weight excluding hydrogens is 599 g/mol. The van der Waals surface area contributed by atoms with E-state index in [0.29, 0.717) is 10.8 Å². The topological polar surface area (TPSA) is 51.8 Å². The Labute approximate surface area is 221 Å². The smallest absolute Gasteiger partial charge is 0.216 e. The van der Waals surface area contributed by atoms with Crippen LogP contribution >= 0.6 is 0 Å². The van der Waals surface area contributed by atoms with Gasteiger partial charge in [0, 0.05) is 47.7 Å². The molecule has 0 atom stereocenters. The van der Waals surface area contributed by atoms with Gasteiger partial charge in [0.25, 0.3) is 0 Å². The van der Waals surface area contributed by atoms with E-state index in [1.165, 1.54) is 11.6 Å². The molecule has 169 valence electrons. The SMILES string of the molecule is Cc1ccc(-c2[c-]cccc2)nc1.[2H]c1nc(-c2[c-]ccc3c2oc2nc(C([2H])([2H])[2H])ccc23)c([2H])c([2H])c1[2H].[Ir]. The van der Waals surface area contributed by atoms with Crippen LogP contribution in [0.3, 0.4) is 0 Å². The van der Waals surface area contributed by atoms with Gasteiger partial charge in [0.05, 0.1) is 11.1 Å². The maximum atomic E-state index is 8.09. The van der Waals surface area contributed by atoms with Gasteiger partial charge in [-0.2, -0.15) is 0 Å². The zero-order valence-corrected chi connectivity index (χ0v) is 20.3. The fraction of sp³-hybridized carbons (Fsp3) is 0.0690. The predicted molar refractivity (Wildman–Crippen MR) is 132 cm³/mol. The van der Waals surface area contributed by atoms with Crippen molar-refractivity contribution in [1.29, 1.82) is 0 Å². The molecule has 0 unspecified atom stereocenters. The number of benzene rings is 2. The summed E-state index contributed by atoms with van der Waals surface area (Å²) in [6.07, 6.45) is 1.45. The summed E-state index contributed by atoms with van der Waals surface area (Å²) in [6.45, 7) is -0.340. The van der Waals surface area contributed by atoms with Crippen molar-refractivity contribution in [2.75, 3.05) is 0 Å². The van der Waals surface area contributed by atoms with Gasteiger partial charge in [-0.15, -0.1) is 54.1 Å². The van der Waals surface area contributed by atoms with E-state index in [4.69, 9.17) is 14.0 Å². The second kappa shape index (κ2) is 10.5. The molecule has 4 aromatic heterocycles. The average Bonchev–Trinajstić information content (AvgIpc) is 3.33. The summed E-state index contributed by atoms with van der Waals surface area (Å²) in [5, 5.41) is 1.21. The quantitative estimate of drug-likeness (QED) is 0.194. The van der Waals surface area contributed by atoms with Crippen molar-refractivity contribution in [1.82, 2.24) is 15.0 Å². The first kappa shape index (κ1) is 16.0. The Morgan fingerprint density at radius 3 is 2.65 bits per heavy atom. The first-order chi connectivity index (χ1) is 19.0. The van der Waals surface area contributed by atoms with E-state index < -0.39 is 25.1 Å². The summed E-state index contributed by atoms with van der Waals surface area (Å²) in [5.41, 5.74) is 3.77. The summed E-state index contributed by atoms with van der Waals surface area (Å²) >= 11 is 0. The van der Waals surface area contributed by atoms with Crippen molar-refractivity contribution >= 4 is 22.1 Å². The molecule has 0 aliphatic heterocycles. The van der Waals surface area contributed by atoms with Crippen molar-refractivity contribution < 1.29 is 34.1 Å². The van der Waals surface area contributed by atoms with Gasteiger partial charge in [-0.3, -0.25) is 0 Å². The molecule has 4 heterocycles. The Hall–Kier alpha value is -3.66. The zero-order valence-electron chi connectivity index (χ0n) is 24.9. The fourth-order valence-corrected chi connectivity index (χ4v) is 3.33. The number of aryl methyl sites for hydroxylation is 2. The molecule has 0 fully saturated rings. The molecule has 0 saturated carbocycles. The molecule has 0 spiro atoms. The van der Waals surface area contributed by atoms with E-state index in [1.54, 1.807) is 18.2 Å². The van der Waals surface area contributed by atoms with E-state index in [0.717, 1.165) is 11.3 Å². The van der Waals surface area contributed by atoms with Crippen LogP contribution in [0.5, 0.6) is 0 Å². The molecular formula is C29H21IrN3O-2. The monoisotopic (exact) mass is 627 g/mol. The minimum atomic E-state index is -2.37. The number of furan rings is 1. The van der Waals surface area contributed by atoms with Crippen molar-refractivity contribution in [3.63, 3.8) is 0 Å². The summed E-state index contributed by atoms with van der Waals surface area (Å²) in [7, 11) is 0. The van der Waals surface area contributed by atoms with E-state index in [9.17, 15) is 0 Å². The molecule has 2 aromatic carbocycles. The predicted octanol–water partition coefficient (Wildman–Crippen LogP) is 7.01. The second-order valence-corrected chi connectivity index (χ2v) is 7.19. The molecule has 6 aromatic rings. The number of hydrogen-bond acceptors (Lipinski definition) is 4. The summed E-state index contributed by atoms with van der Waals surface area (Å²) in [4.78, 5) is 12.3. The Morgan fingerprint density at radius 2 is 1.85 bits per heavy atom. The molecule has 0 aliphatic carbocycles. The van der Waals surface area contributed by atoms with E-state index in [1.807, 2.05) is 43.5 Å². The van der Waals surface area contributed by atoms with Crippen LogP contribution in [0.4, 0.5) is 0 Å². The molecule has 0 amide bonds. The van der Waals surface area contributed by atoms with Crippen LogP contribution in [0.25, 0.3) is 44.6 Å². The molecule has 5 heteroatoms. The van der Waals surface area contributed by atoms with Gasteiger partial charge in [0.2, 0.25) is 5.71 Å². The molecule has 1 radical (unpaired) electrons. The largest absolute Gasteiger partial charge is 0.486 e. The van der Waals surface area contributed by atoms with Crippen LogP contribution in [0.15, 0.2) is 95.6 Å². The van der Waals surface area contributed by atoms with Gasteiger partial charge in [0.15, 0.2) is 0 Å².